The molecule has 0 aliphatic heterocycles. The number of anilines is 1. The average Bonchev–Trinajstić information content (AvgIpc) is 2.44. The fourth-order valence-corrected chi connectivity index (χ4v) is 2.09. The molecule has 20 heavy (non-hydrogen) atoms. The molecule has 2 rings (SSSR count). The summed E-state index contributed by atoms with van der Waals surface area (Å²) in [5.74, 6) is -0.716. The molecule has 0 fully saturated rings. The smallest absolute Gasteiger partial charge is 0.258 e. The Morgan fingerprint density at radius 3 is 2.55 bits per heavy atom. The van der Waals surface area contributed by atoms with Crippen LogP contribution in [0.3, 0.4) is 0 Å². The first kappa shape index (κ1) is 14.1. The van der Waals surface area contributed by atoms with Crippen molar-refractivity contribution >= 4 is 11.6 Å². The minimum Gasteiger partial charge on any atom is -0.508 e. The van der Waals surface area contributed by atoms with Gasteiger partial charge >= 0.3 is 0 Å². The summed E-state index contributed by atoms with van der Waals surface area (Å²) in [6, 6.07) is 10.9. The van der Waals surface area contributed by atoms with E-state index in [-0.39, 0.29) is 17.3 Å². The van der Waals surface area contributed by atoms with Crippen LogP contribution in [0.15, 0.2) is 42.5 Å². The summed E-state index contributed by atoms with van der Waals surface area (Å²) in [5, 5.41) is 9.68. The van der Waals surface area contributed by atoms with E-state index in [9.17, 15) is 14.3 Å². The van der Waals surface area contributed by atoms with E-state index in [1.807, 2.05) is 0 Å². The molecule has 104 valence electrons. The first-order valence-electron chi connectivity index (χ1n) is 6.41. The molecule has 0 aromatic heterocycles. The quantitative estimate of drug-likeness (QED) is 0.929. The standard InChI is InChI=1S/C16H16FNO2/c1-3-18(14-9-5-4-8-13(14)17)16(20)12-7-6-10-15(19)11(12)2/h4-10,19H,3H2,1-2H3. The highest BCUT2D eigenvalue weighted by molar-refractivity contribution is 6.07. The second-order valence-corrected chi connectivity index (χ2v) is 4.45. The number of phenols is 1. The van der Waals surface area contributed by atoms with Gasteiger partial charge in [-0.15, -0.1) is 0 Å². The van der Waals surface area contributed by atoms with Crippen LogP contribution in [-0.2, 0) is 0 Å². The second-order valence-electron chi connectivity index (χ2n) is 4.45. The Morgan fingerprint density at radius 2 is 1.90 bits per heavy atom. The number of carbonyl (C=O) groups excluding carboxylic acids is 1. The Bertz CT molecular complexity index is 640. The highest BCUT2D eigenvalue weighted by atomic mass is 19.1. The van der Waals surface area contributed by atoms with Crippen LogP contribution in [0.2, 0.25) is 0 Å². The fraction of sp³-hybridized carbons (Fsp3) is 0.188. The van der Waals surface area contributed by atoms with E-state index >= 15 is 0 Å². The van der Waals surface area contributed by atoms with E-state index in [1.165, 1.54) is 17.0 Å². The number of hydrogen-bond acceptors (Lipinski definition) is 2. The Labute approximate surface area is 117 Å². The maximum absolute atomic E-state index is 13.8. The SMILES string of the molecule is CCN(C(=O)c1cccc(O)c1C)c1ccccc1F. The van der Waals surface area contributed by atoms with E-state index in [0.717, 1.165) is 0 Å². The first-order valence-corrected chi connectivity index (χ1v) is 6.41. The fourth-order valence-electron chi connectivity index (χ4n) is 2.09. The van der Waals surface area contributed by atoms with Gasteiger partial charge in [0.15, 0.2) is 0 Å². The topological polar surface area (TPSA) is 40.5 Å². The van der Waals surface area contributed by atoms with Crippen molar-refractivity contribution in [3.63, 3.8) is 0 Å². The van der Waals surface area contributed by atoms with Crippen LogP contribution in [0.1, 0.15) is 22.8 Å². The molecule has 0 saturated carbocycles. The zero-order chi connectivity index (χ0) is 14.7. The van der Waals surface area contributed by atoms with E-state index in [4.69, 9.17) is 0 Å². The minimum absolute atomic E-state index is 0.0560. The van der Waals surface area contributed by atoms with Gasteiger partial charge in [-0.3, -0.25) is 4.79 Å². The van der Waals surface area contributed by atoms with Gasteiger partial charge < -0.3 is 10.0 Å². The Kier molecular flexibility index (Phi) is 4.03. The molecule has 0 unspecified atom stereocenters. The minimum atomic E-state index is -0.444. The van der Waals surface area contributed by atoms with Crippen LogP contribution >= 0.6 is 0 Å². The molecular weight excluding hydrogens is 257 g/mol. The number of amides is 1. The van der Waals surface area contributed by atoms with E-state index in [0.29, 0.717) is 17.7 Å². The summed E-state index contributed by atoms with van der Waals surface area (Å²) in [4.78, 5) is 13.9. The zero-order valence-electron chi connectivity index (χ0n) is 11.4. The predicted molar refractivity (Wildman–Crippen MR) is 76.6 cm³/mol. The van der Waals surface area contributed by atoms with Crippen LogP contribution in [0.5, 0.6) is 5.75 Å². The number of halogens is 1. The molecule has 0 aliphatic rings. The number of rotatable bonds is 3. The van der Waals surface area contributed by atoms with E-state index < -0.39 is 5.82 Å². The lowest BCUT2D eigenvalue weighted by atomic mass is 10.1. The maximum Gasteiger partial charge on any atom is 0.258 e. The van der Waals surface area contributed by atoms with Gasteiger partial charge in [0.05, 0.1) is 5.69 Å². The van der Waals surface area contributed by atoms with Gasteiger partial charge in [-0.05, 0) is 38.1 Å². The van der Waals surface area contributed by atoms with Crippen molar-refractivity contribution in [2.45, 2.75) is 13.8 Å². The van der Waals surface area contributed by atoms with Crippen LogP contribution in [0.4, 0.5) is 10.1 Å². The highest BCUT2D eigenvalue weighted by Crippen LogP contribution is 2.25. The normalized spacial score (nSPS) is 10.3. The summed E-state index contributed by atoms with van der Waals surface area (Å²) >= 11 is 0. The van der Waals surface area contributed by atoms with Gasteiger partial charge in [-0.2, -0.15) is 0 Å². The van der Waals surface area contributed by atoms with Gasteiger partial charge in [0.1, 0.15) is 11.6 Å². The monoisotopic (exact) mass is 273 g/mol. The van der Waals surface area contributed by atoms with Crippen molar-refractivity contribution < 1.29 is 14.3 Å². The molecule has 0 atom stereocenters. The van der Waals surface area contributed by atoms with Crippen LogP contribution in [-0.4, -0.2) is 17.6 Å². The Balaban J connectivity index is 2.45. The lowest BCUT2D eigenvalue weighted by Gasteiger charge is -2.22. The summed E-state index contributed by atoms with van der Waals surface area (Å²) in [6.45, 7) is 3.79. The van der Waals surface area contributed by atoms with Gasteiger partial charge in [0, 0.05) is 17.7 Å². The zero-order valence-corrected chi connectivity index (χ0v) is 11.4. The first-order chi connectivity index (χ1) is 9.56. The summed E-state index contributed by atoms with van der Waals surface area (Å²) in [5.41, 5.74) is 1.10. The molecule has 1 amide bonds. The lowest BCUT2D eigenvalue weighted by Crippen LogP contribution is -2.31. The molecule has 0 bridgehead atoms. The van der Waals surface area contributed by atoms with Crippen molar-refractivity contribution in [3.05, 3.63) is 59.4 Å². The van der Waals surface area contributed by atoms with Crippen molar-refractivity contribution in [3.8, 4) is 5.75 Å². The number of hydrogen-bond donors (Lipinski definition) is 1. The summed E-state index contributed by atoms with van der Waals surface area (Å²) in [6.07, 6.45) is 0. The number of aromatic hydroxyl groups is 1. The van der Waals surface area contributed by atoms with Gasteiger partial charge in [-0.1, -0.05) is 18.2 Å². The van der Waals surface area contributed by atoms with Crippen molar-refractivity contribution in [1.29, 1.82) is 0 Å². The van der Waals surface area contributed by atoms with Crippen LogP contribution < -0.4 is 4.90 Å². The summed E-state index contributed by atoms with van der Waals surface area (Å²) in [7, 11) is 0. The Morgan fingerprint density at radius 1 is 1.20 bits per heavy atom. The molecule has 2 aromatic rings. The van der Waals surface area contributed by atoms with Gasteiger partial charge in [-0.25, -0.2) is 4.39 Å². The molecule has 3 nitrogen and oxygen atoms in total. The lowest BCUT2D eigenvalue weighted by molar-refractivity contribution is 0.0986. The molecular formula is C16H16FNO2. The third-order valence-electron chi connectivity index (χ3n) is 3.24. The summed E-state index contributed by atoms with van der Waals surface area (Å²) < 4.78 is 13.8. The van der Waals surface area contributed by atoms with Gasteiger partial charge in [0.25, 0.3) is 5.91 Å². The molecule has 0 aliphatic carbocycles. The van der Waals surface area contributed by atoms with E-state index in [2.05, 4.69) is 0 Å². The number of nitrogens with zero attached hydrogens (tertiary/aromatic N) is 1. The molecule has 0 spiro atoms. The van der Waals surface area contributed by atoms with Crippen molar-refractivity contribution in [2.75, 3.05) is 11.4 Å². The third-order valence-corrected chi connectivity index (χ3v) is 3.24. The number of para-hydroxylation sites is 1. The number of phenolic OH excluding ortho intramolecular Hbond substituents is 1. The largest absolute Gasteiger partial charge is 0.508 e. The van der Waals surface area contributed by atoms with Crippen LogP contribution in [0.25, 0.3) is 0 Å². The molecule has 0 saturated heterocycles. The van der Waals surface area contributed by atoms with Crippen LogP contribution in [0, 0.1) is 12.7 Å². The Hall–Kier alpha value is -2.36. The van der Waals surface area contributed by atoms with Crippen molar-refractivity contribution in [1.82, 2.24) is 0 Å². The number of benzene rings is 2. The van der Waals surface area contributed by atoms with E-state index in [1.54, 1.807) is 44.2 Å². The molecule has 1 N–H and O–H groups in total. The third kappa shape index (κ3) is 2.50. The predicted octanol–water partition coefficient (Wildman–Crippen LogP) is 3.51. The maximum atomic E-state index is 13.8. The highest BCUT2D eigenvalue weighted by Gasteiger charge is 2.21. The number of carbonyl (C=O) groups is 1. The van der Waals surface area contributed by atoms with Gasteiger partial charge in [0.2, 0.25) is 0 Å². The van der Waals surface area contributed by atoms with Crippen molar-refractivity contribution in [2.24, 2.45) is 0 Å². The molecule has 2 aromatic carbocycles. The average molecular weight is 273 g/mol. The molecule has 0 heterocycles. The second kappa shape index (κ2) is 5.74. The molecule has 0 radical (unpaired) electrons. The molecule has 4 heteroatoms.